The van der Waals surface area contributed by atoms with Crippen molar-refractivity contribution in [3.8, 4) is 5.75 Å². The molecule has 2 heterocycles. The summed E-state index contributed by atoms with van der Waals surface area (Å²) in [6, 6.07) is 18.8. The number of carbonyl (C=O) groups excluding carboxylic acids is 1. The Hall–Kier alpha value is -3.23. The molecule has 1 amide bonds. The molecule has 0 atom stereocenters. The lowest BCUT2D eigenvalue weighted by Crippen LogP contribution is -2.17. The molecule has 0 unspecified atom stereocenters. The molecule has 0 aliphatic rings. The largest absolute Gasteiger partial charge is 0.495 e. The summed E-state index contributed by atoms with van der Waals surface area (Å²) in [6.07, 6.45) is 4.40. The molecule has 0 aliphatic carbocycles. The monoisotopic (exact) mass is 453 g/mol. The Bertz CT molecular complexity index is 1160. The van der Waals surface area contributed by atoms with Crippen LogP contribution < -0.4 is 10.1 Å². The molecule has 0 spiro atoms. The van der Waals surface area contributed by atoms with Gasteiger partial charge in [-0.15, -0.1) is 10.2 Å². The number of carbonyl (C=O) groups is 1. The van der Waals surface area contributed by atoms with E-state index in [4.69, 9.17) is 16.3 Å². The number of halogens is 1. The minimum Gasteiger partial charge on any atom is -0.495 e. The van der Waals surface area contributed by atoms with Gasteiger partial charge in [0.25, 0.3) is 0 Å². The van der Waals surface area contributed by atoms with Crippen LogP contribution in [-0.2, 0) is 11.2 Å². The Labute approximate surface area is 189 Å². The zero-order chi connectivity index (χ0) is 21.6. The van der Waals surface area contributed by atoms with Crippen LogP contribution in [0.25, 0.3) is 0 Å². The van der Waals surface area contributed by atoms with Crippen LogP contribution in [0.1, 0.15) is 11.4 Å². The van der Waals surface area contributed by atoms with E-state index >= 15 is 0 Å². The third-order valence-corrected chi connectivity index (χ3v) is 5.66. The molecule has 0 saturated carbocycles. The summed E-state index contributed by atoms with van der Waals surface area (Å²) in [5, 5.41) is 12.9. The number of anilines is 1. The predicted octanol–water partition coefficient (Wildman–Crippen LogP) is 4.37. The number of benzene rings is 2. The molecule has 4 aromatic rings. The Kier molecular flexibility index (Phi) is 6.59. The first kappa shape index (κ1) is 21.0. The number of ether oxygens (including phenoxy) is 1. The van der Waals surface area contributed by atoms with E-state index in [0.717, 1.165) is 11.4 Å². The number of amides is 1. The summed E-state index contributed by atoms with van der Waals surface area (Å²) < 4.78 is 9.08. The fourth-order valence-electron chi connectivity index (χ4n) is 3.04. The maximum absolute atomic E-state index is 12.5. The number of methoxy groups -OCH3 is 1. The second-order valence-corrected chi connectivity index (χ2v) is 7.99. The van der Waals surface area contributed by atoms with Crippen LogP contribution in [0.4, 0.5) is 5.69 Å². The van der Waals surface area contributed by atoms with Gasteiger partial charge in [-0.1, -0.05) is 47.6 Å². The predicted molar refractivity (Wildman–Crippen MR) is 122 cm³/mol. The quantitative estimate of drug-likeness (QED) is 0.401. The standard InChI is InChI=1S/C22H20ClN5O2S/c1-30-19-7-3-2-6-18(19)24-21(29)15-31-22-26-25-20(28(22)27-12-4-5-13-27)14-16-8-10-17(23)11-9-16/h2-13H,14-15H2,1H3,(H,24,29). The Morgan fingerprint density at radius 1 is 1.06 bits per heavy atom. The molecule has 7 nitrogen and oxygen atoms in total. The van der Waals surface area contributed by atoms with E-state index in [0.29, 0.717) is 28.0 Å². The van der Waals surface area contributed by atoms with Gasteiger partial charge in [0.05, 0.1) is 18.6 Å². The van der Waals surface area contributed by atoms with E-state index in [1.807, 2.05) is 70.3 Å². The summed E-state index contributed by atoms with van der Waals surface area (Å²) >= 11 is 7.31. The van der Waals surface area contributed by atoms with Gasteiger partial charge in [-0.3, -0.25) is 9.47 Å². The molecule has 2 aromatic carbocycles. The number of aromatic nitrogens is 4. The number of hydrogen-bond donors (Lipinski definition) is 1. The van der Waals surface area contributed by atoms with E-state index < -0.39 is 0 Å². The van der Waals surface area contributed by atoms with E-state index in [1.54, 1.807) is 19.2 Å². The smallest absolute Gasteiger partial charge is 0.234 e. The van der Waals surface area contributed by atoms with Gasteiger partial charge in [-0.25, -0.2) is 4.68 Å². The molecule has 0 bridgehead atoms. The molecular weight excluding hydrogens is 434 g/mol. The van der Waals surface area contributed by atoms with Crippen LogP contribution in [0, 0.1) is 0 Å². The van der Waals surface area contributed by atoms with Crippen molar-refractivity contribution in [1.29, 1.82) is 0 Å². The van der Waals surface area contributed by atoms with Gasteiger partial charge in [-0.2, -0.15) is 0 Å². The Balaban J connectivity index is 1.51. The van der Waals surface area contributed by atoms with Crippen LogP contribution in [0.15, 0.2) is 78.2 Å². The highest BCUT2D eigenvalue weighted by atomic mass is 35.5. The van der Waals surface area contributed by atoms with E-state index in [2.05, 4.69) is 15.5 Å². The zero-order valence-electron chi connectivity index (χ0n) is 16.7. The fraction of sp³-hybridized carbons (Fsp3) is 0.136. The molecule has 31 heavy (non-hydrogen) atoms. The number of hydrogen-bond acceptors (Lipinski definition) is 5. The Morgan fingerprint density at radius 2 is 1.81 bits per heavy atom. The maximum Gasteiger partial charge on any atom is 0.234 e. The zero-order valence-corrected chi connectivity index (χ0v) is 18.3. The highest BCUT2D eigenvalue weighted by Gasteiger charge is 2.16. The molecule has 4 rings (SSSR count). The molecule has 158 valence electrons. The lowest BCUT2D eigenvalue weighted by atomic mass is 10.1. The van der Waals surface area contributed by atoms with Crippen molar-refractivity contribution < 1.29 is 9.53 Å². The van der Waals surface area contributed by atoms with Gasteiger partial charge < -0.3 is 10.1 Å². The first-order valence-corrected chi connectivity index (χ1v) is 10.9. The molecule has 0 fully saturated rings. The summed E-state index contributed by atoms with van der Waals surface area (Å²) in [4.78, 5) is 12.5. The van der Waals surface area contributed by atoms with Gasteiger partial charge >= 0.3 is 0 Å². The third kappa shape index (κ3) is 5.10. The molecule has 2 aromatic heterocycles. The van der Waals surface area contributed by atoms with Gasteiger partial charge in [-0.05, 0) is 42.0 Å². The van der Waals surface area contributed by atoms with Crippen LogP contribution in [0.5, 0.6) is 5.75 Å². The number of para-hydroxylation sites is 2. The third-order valence-electron chi connectivity index (χ3n) is 4.49. The number of nitrogens with one attached hydrogen (secondary N) is 1. The normalized spacial score (nSPS) is 10.8. The molecule has 0 aliphatic heterocycles. The average molecular weight is 454 g/mol. The van der Waals surface area contributed by atoms with E-state index in [9.17, 15) is 4.79 Å². The van der Waals surface area contributed by atoms with Crippen molar-refractivity contribution in [2.24, 2.45) is 0 Å². The fourth-order valence-corrected chi connectivity index (χ4v) is 3.91. The van der Waals surface area contributed by atoms with Crippen LogP contribution in [-0.4, -0.2) is 38.3 Å². The summed E-state index contributed by atoms with van der Waals surface area (Å²) in [5.41, 5.74) is 1.70. The van der Waals surface area contributed by atoms with Crippen LogP contribution in [0.3, 0.4) is 0 Å². The van der Waals surface area contributed by atoms with Crippen molar-refractivity contribution in [2.75, 3.05) is 18.2 Å². The first-order chi connectivity index (χ1) is 15.1. The lowest BCUT2D eigenvalue weighted by molar-refractivity contribution is -0.113. The first-order valence-electron chi connectivity index (χ1n) is 9.52. The average Bonchev–Trinajstić information content (AvgIpc) is 3.44. The molecule has 1 N–H and O–H groups in total. The second-order valence-electron chi connectivity index (χ2n) is 6.61. The van der Waals surface area contributed by atoms with Crippen molar-refractivity contribution in [2.45, 2.75) is 11.6 Å². The number of thioether (sulfide) groups is 1. The summed E-state index contributed by atoms with van der Waals surface area (Å²) in [6.45, 7) is 0. The topological polar surface area (TPSA) is 74.0 Å². The van der Waals surface area contributed by atoms with Crippen molar-refractivity contribution >= 4 is 35.0 Å². The molecule has 0 saturated heterocycles. The van der Waals surface area contributed by atoms with E-state index in [-0.39, 0.29) is 11.7 Å². The molecular formula is C22H20ClN5O2S. The minimum atomic E-state index is -0.157. The lowest BCUT2D eigenvalue weighted by Gasteiger charge is -2.12. The van der Waals surface area contributed by atoms with Crippen LogP contribution >= 0.6 is 23.4 Å². The maximum atomic E-state index is 12.5. The van der Waals surface area contributed by atoms with E-state index in [1.165, 1.54) is 11.8 Å². The Morgan fingerprint density at radius 3 is 2.55 bits per heavy atom. The van der Waals surface area contributed by atoms with Gasteiger partial charge in [0.2, 0.25) is 11.1 Å². The highest BCUT2D eigenvalue weighted by Crippen LogP contribution is 2.24. The summed E-state index contributed by atoms with van der Waals surface area (Å²) in [5.74, 6) is 1.39. The van der Waals surface area contributed by atoms with Crippen molar-refractivity contribution in [1.82, 2.24) is 19.5 Å². The minimum absolute atomic E-state index is 0.157. The van der Waals surface area contributed by atoms with Gasteiger partial charge in [0.1, 0.15) is 5.75 Å². The summed E-state index contributed by atoms with van der Waals surface area (Å²) in [7, 11) is 1.57. The molecule has 9 heteroatoms. The number of nitrogens with zero attached hydrogens (tertiary/aromatic N) is 4. The second kappa shape index (κ2) is 9.72. The number of rotatable bonds is 8. The van der Waals surface area contributed by atoms with Gasteiger partial charge in [0.15, 0.2) is 5.82 Å². The molecule has 0 radical (unpaired) electrons. The van der Waals surface area contributed by atoms with Crippen LogP contribution in [0.2, 0.25) is 5.02 Å². The van der Waals surface area contributed by atoms with Crippen molar-refractivity contribution in [3.63, 3.8) is 0 Å². The van der Waals surface area contributed by atoms with Crippen molar-refractivity contribution in [3.05, 3.63) is 89.5 Å². The van der Waals surface area contributed by atoms with Gasteiger partial charge in [0, 0.05) is 23.8 Å². The highest BCUT2D eigenvalue weighted by molar-refractivity contribution is 7.99. The SMILES string of the molecule is COc1ccccc1NC(=O)CSc1nnc(Cc2ccc(Cl)cc2)n1-n1cccc1.